The maximum atomic E-state index is 12.9. The number of halogens is 2. The normalized spacial score (nSPS) is 17.0. The van der Waals surface area contributed by atoms with Crippen LogP contribution >= 0.6 is 24.0 Å². The molecule has 1 N–H and O–H groups in total. The molecule has 1 aliphatic heterocycles. The molecule has 1 saturated heterocycles. The molecule has 1 fully saturated rings. The van der Waals surface area contributed by atoms with Crippen molar-refractivity contribution in [2.45, 2.75) is 26.7 Å². The molecule has 5 nitrogen and oxygen atoms in total. The van der Waals surface area contributed by atoms with Gasteiger partial charge in [0.1, 0.15) is 0 Å². The van der Waals surface area contributed by atoms with E-state index >= 15 is 0 Å². The van der Waals surface area contributed by atoms with E-state index in [1.54, 1.807) is 19.2 Å². The summed E-state index contributed by atoms with van der Waals surface area (Å²) in [6.07, 6.45) is 2.18. The average molecular weight is 405 g/mol. The smallest absolute Gasteiger partial charge is 0.254 e. The Kier molecular flexibility index (Phi) is 9.55. The zero-order valence-corrected chi connectivity index (χ0v) is 17.6. The lowest BCUT2D eigenvalue weighted by Crippen LogP contribution is -2.42. The third-order valence-electron chi connectivity index (χ3n) is 4.34. The minimum Gasteiger partial charge on any atom is -0.493 e. The van der Waals surface area contributed by atoms with E-state index in [4.69, 9.17) is 21.1 Å². The second-order valence-electron chi connectivity index (χ2n) is 7.01. The Morgan fingerprint density at radius 3 is 2.77 bits per heavy atom. The maximum absolute atomic E-state index is 12.9. The van der Waals surface area contributed by atoms with Crippen molar-refractivity contribution in [1.82, 2.24) is 10.2 Å². The van der Waals surface area contributed by atoms with Crippen LogP contribution in [0, 0.1) is 11.8 Å². The van der Waals surface area contributed by atoms with E-state index in [0.29, 0.717) is 40.5 Å². The first-order chi connectivity index (χ1) is 12.0. The standard InChI is InChI=1S/C19H29ClN2O3.ClH/c1-13(2)12-25-18-16(20)8-15(9-17(18)24-4)19(23)22-7-5-6-14(11-22)10-21-3;/h8-9,13-14,21H,5-7,10-12H2,1-4H3;1H. The highest BCUT2D eigenvalue weighted by Gasteiger charge is 2.25. The molecule has 1 aromatic carbocycles. The molecule has 1 aliphatic rings. The van der Waals surface area contributed by atoms with E-state index in [0.717, 1.165) is 32.5 Å². The molecule has 0 aromatic heterocycles. The monoisotopic (exact) mass is 404 g/mol. The third-order valence-corrected chi connectivity index (χ3v) is 4.62. The molecule has 0 spiro atoms. The second kappa shape index (κ2) is 10.9. The summed E-state index contributed by atoms with van der Waals surface area (Å²) in [4.78, 5) is 14.8. The van der Waals surface area contributed by atoms with E-state index in [-0.39, 0.29) is 18.3 Å². The fourth-order valence-electron chi connectivity index (χ4n) is 3.12. The van der Waals surface area contributed by atoms with Crippen LogP contribution in [0.25, 0.3) is 0 Å². The van der Waals surface area contributed by atoms with Gasteiger partial charge in [0.2, 0.25) is 0 Å². The van der Waals surface area contributed by atoms with Crippen LogP contribution in [0.4, 0.5) is 0 Å². The first-order valence-corrected chi connectivity index (χ1v) is 9.28. The van der Waals surface area contributed by atoms with Crippen molar-refractivity contribution >= 4 is 29.9 Å². The molecule has 1 aromatic rings. The van der Waals surface area contributed by atoms with Crippen molar-refractivity contribution in [3.05, 3.63) is 22.7 Å². The van der Waals surface area contributed by atoms with Crippen LogP contribution in [0.5, 0.6) is 11.5 Å². The fourth-order valence-corrected chi connectivity index (χ4v) is 3.39. The Labute approximate surface area is 167 Å². The van der Waals surface area contributed by atoms with E-state index in [2.05, 4.69) is 19.2 Å². The van der Waals surface area contributed by atoms with Crippen LogP contribution < -0.4 is 14.8 Å². The Bertz CT molecular complexity index is 594. The summed E-state index contributed by atoms with van der Waals surface area (Å²) >= 11 is 6.37. The molecule has 0 bridgehead atoms. The number of methoxy groups -OCH3 is 1. The lowest BCUT2D eigenvalue weighted by Gasteiger charge is -2.33. The molecule has 1 heterocycles. The van der Waals surface area contributed by atoms with Gasteiger partial charge < -0.3 is 19.7 Å². The summed E-state index contributed by atoms with van der Waals surface area (Å²) in [6, 6.07) is 3.41. The number of nitrogens with zero attached hydrogens (tertiary/aromatic N) is 1. The van der Waals surface area contributed by atoms with Gasteiger partial charge >= 0.3 is 0 Å². The van der Waals surface area contributed by atoms with Crippen molar-refractivity contribution in [1.29, 1.82) is 0 Å². The number of carbonyl (C=O) groups is 1. The minimum atomic E-state index is -0.00332. The van der Waals surface area contributed by atoms with Gasteiger partial charge in [-0.25, -0.2) is 0 Å². The van der Waals surface area contributed by atoms with E-state index < -0.39 is 0 Å². The molecule has 7 heteroatoms. The molecular weight excluding hydrogens is 375 g/mol. The lowest BCUT2D eigenvalue weighted by molar-refractivity contribution is 0.0674. The molecule has 1 amide bonds. The van der Waals surface area contributed by atoms with Gasteiger partial charge in [0, 0.05) is 18.7 Å². The number of ether oxygens (including phenoxy) is 2. The molecule has 148 valence electrons. The van der Waals surface area contributed by atoms with Crippen LogP contribution in [0.1, 0.15) is 37.0 Å². The Morgan fingerprint density at radius 2 is 2.15 bits per heavy atom. The highest BCUT2D eigenvalue weighted by atomic mass is 35.5. The Morgan fingerprint density at radius 1 is 1.42 bits per heavy atom. The zero-order valence-electron chi connectivity index (χ0n) is 16.0. The first-order valence-electron chi connectivity index (χ1n) is 8.90. The van der Waals surface area contributed by atoms with Gasteiger partial charge in [-0.2, -0.15) is 0 Å². The summed E-state index contributed by atoms with van der Waals surface area (Å²) < 4.78 is 11.2. The van der Waals surface area contributed by atoms with Crippen LogP contribution in [0.15, 0.2) is 12.1 Å². The van der Waals surface area contributed by atoms with Crippen LogP contribution in [0.3, 0.4) is 0 Å². The summed E-state index contributed by atoms with van der Waals surface area (Å²) in [5.41, 5.74) is 0.545. The van der Waals surface area contributed by atoms with Gasteiger partial charge in [-0.05, 0) is 50.4 Å². The highest BCUT2D eigenvalue weighted by molar-refractivity contribution is 6.32. The maximum Gasteiger partial charge on any atom is 0.254 e. The number of likely N-dealkylation sites (tertiary alicyclic amines) is 1. The number of hydrogen-bond donors (Lipinski definition) is 1. The summed E-state index contributed by atoms with van der Waals surface area (Å²) in [7, 11) is 3.51. The van der Waals surface area contributed by atoms with Gasteiger partial charge in [-0.3, -0.25) is 4.79 Å². The number of amides is 1. The summed E-state index contributed by atoms with van der Waals surface area (Å²) in [5.74, 6) is 1.87. The van der Waals surface area contributed by atoms with Gasteiger partial charge in [-0.15, -0.1) is 12.4 Å². The molecule has 2 rings (SSSR count). The summed E-state index contributed by atoms with van der Waals surface area (Å²) in [5, 5.41) is 3.61. The Balaban J connectivity index is 0.00000338. The number of carbonyl (C=O) groups excluding carboxylic acids is 1. The third kappa shape index (κ3) is 5.93. The van der Waals surface area contributed by atoms with Crippen molar-refractivity contribution < 1.29 is 14.3 Å². The van der Waals surface area contributed by atoms with Gasteiger partial charge in [0.15, 0.2) is 11.5 Å². The van der Waals surface area contributed by atoms with Crippen LogP contribution in [-0.2, 0) is 0 Å². The van der Waals surface area contributed by atoms with Gasteiger partial charge in [-0.1, -0.05) is 25.4 Å². The molecule has 0 saturated carbocycles. The molecule has 1 atom stereocenters. The minimum absolute atomic E-state index is 0. The molecule has 26 heavy (non-hydrogen) atoms. The quantitative estimate of drug-likeness (QED) is 0.748. The predicted octanol–water partition coefficient (Wildman–Crippen LogP) is 3.88. The number of hydrogen-bond acceptors (Lipinski definition) is 4. The largest absolute Gasteiger partial charge is 0.493 e. The highest BCUT2D eigenvalue weighted by Crippen LogP contribution is 2.37. The molecule has 0 aliphatic carbocycles. The van der Waals surface area contributed by atoms with E-state index in [1.165, 1.54) is 0 Å². The number of benzene rings is 1. The zero-order chi connectivity index (χ0) is 18.4. The van der Waals surface area contributed by atoms with Crippen molar-refractivity contribution in [2.75, 3.05) is 40.4 Å². The van der Waals surface area contributed by atoms with Crippen LogP contribution in [-0.4, -0.2) is 51.2 Å². The van der Waals surface area contributed by atoms with Crippen LogP contribution in [0.2, 0.25) is 5.02 Å². The van der Waals surface area contributed by atoms with E-state index in [9.17, 15) is 4.79 Å². The van der Waals surface area contributed by atoms with Gasteiger partial charge in [0.05, 0.1) is 18.7 Å². The number of piperidine rings is 1. The van der Waals surface area contributed by atoms with Crippen molar-refractivity contribution in [2.24, 2.45) is 11.8 Å². The molecular formula is C19H30Cl2N2O3. The second-order valence-corrected chi connectivity index (χ2v) is 7.42. The van der Waals surface area contributed by atoms with Crippen molar-refractivity contribution in [3.8, 4) is 11.5 Å². The average Bonchev–Trinajstić information content (AvgIpc) is 2.59. The SMILES string of the molecule is CNCC1CCCN(C(=O)c2cc(Cl)c(OCC(C)C)c(OC)c2)C1.Cl. The van der Waals surface area contributed by atoms with E-state index in [1.807, 2.05) is 11.9 Å². The molecule has 0 radical (unpaired) electrons. The van der Waals surface area contributed by atoms with Crippen molar-refractivity contribution in [3.63, 3.8) is 0 Å². The summed E-state index contributed by atoms with van der Waals surface area (Å²) in [6.45, 7) is 7.15. The topological polar surface area (TPSA) is 50.8 Å². The number of nitrogens with one attached hydrogen (secondary N) is 1. The lowest BCUT2D eigenvalue weighted by atomic mass is 9.97. The fraction of sp³-hybridized carbons (Fsp3) is 0.632. The molecule has 1 unspecified atom stereocenters. The Hall–Kier alpha value is -1.17. The first kappa shape index (κ1) is 22.9. The van der Waals surface area contributed by atoms with Gasteiger partial charge in [0.25, 0.3) is 5.91 Å². The number of rotatable bonds is 7. The predicted molar refractivity (Wildman–Crippen MR) is 108 cm³/mol.